The SMILES string of the molecule is CCC1=CC(=C2C(=O)c3ccccc3C2=O)C=C(CC)N1CCN1CCCCC1. The van der Waals surface area contributed by atoms with Gasteiger partial charge in [-0.15, -0.1) is 0 Å². The molecule has 0 spiro atoms. The molecule has 4 nitrogen and oxygen atoms in total. The number of hydrogen-bond acceptors (Lipinski definition) is 4. The zero-order valence-electron chi connectivity index (χ0n) is 17.5. The molecule has 0 saturated carbocycles. The van der Waals surface area contributed by atoms with Gasteiger partial charge in [0, 0.05) is 35.6 Å². The van der Waals surface area contributed by atoms with E-state index in [1.54, 1.807) is 12.1 Å². The summed E-state index contributed by atoms with van der Waals surface area (Å²) in [6.07, 6.45) is 9.83. The van der Waals surface area contributed by atoms with E-state index in [1.165, 1.54) is 43.7 Å². The van der Waals surface area contributed by atoms with Crippen molar-refractivity contribution in [2.45, 2.75) is 46.0 Å². The Labute approximate surface area is 173 Å². The maximum absolute atomic E-state index is 13.0. The summed E-state index contributed by atoms with van der Waals surface area (Å²) in [4.78, 5) is 30.9. The van der Waals surface area contributed by atoms with E-state index in [0.29, 0.717) is 16.7 Å². The Morgan fingerprint density at radius 2 is 1.34 bits per heavy atom. The lowest BCUT2D eigenvalue weighted by atomic mass is 9.96. The molecule has 4 rings (SSSR count). The molecule has 152 valence electrons. The first-order valence-corrected chi connectivity index (χ1v) is 11.0. The molecule has 0 bridgehead atoms. The summed E-state index contributed by atoms with van der Waals surface area (Å²) in [5.41, 5.74) is 4.56. The van der Waals surface area contributed by atoms with Crippen LogP contribution >= 0.6 is 0 Å². The number of benzene rings is 1. The highest BCUT2D eigenvalue weighted by molar-refractivity contribution is 6.40. The largest absolute Gasteiger partial charge is 0.347 e. The van der Waals surface area contributed by atoms with Crippen molar-refractivity contribution in [1.29, 1.82) is 0 Å². The Morgan fingerprint density at radius 1 is 0.793 bits per heavy atom. The summed E-state index contributed by atoms with van der Waals surface area (Å²) in [7, 11) is 0. The third-order valence-electron chi connectivity index (χ3n) is 6.31. The van der Waals surface area contributed by atoms with E-state index in [-0.39, 0.29) is 11.6 Å². The van der Waals surface area contributed by atoms with Crippen LogP contribution in [-0.2, 0) is 0 Å². The Bertz CT molecular complexity index is 856. The van der Waals surface area contributed by atoms with Gasteiger partial charge in [-0.2, -0.15) is 0 Å². The number of carbonyl (C=O) groups excluding carboxylic acids is 2. The van der Waals surface area contributed by atoms with Gasteiger partial charge >= 0.3 is 0 Å². The summed E-state index contributed by atoms with van der Waals surface area (Å²) < 4.78 is 0. The number of rotatable bonds is 5. The first-order valence-electron chi connectivity index (χ1n) is 11.0. The average Bonchev–Trinajstić information content (AvgIpc) is 3.03. The lowest BCUT2D eigenvalue weighted by Gasteiger charge is -2.35. The van der Waals surface area contributed by atoms with Crippen molar-refractivity contribution >= 4 is 11.6 Å². The number of ketones is 2. The smallest absolute Gasteiger partial charge is 0.198 e. The van der Waals surface area contributed by atoms with Crippen molar-refractivity contribution in [2.75, 3.05) is 26.2 Å². The summed E-state index contributed by atoms with van der Waals surface area (Å²) in [6.45, 7) is 8.71. The predicted octanol–water partition coefficient (Wildman–Crippen LogP) is 4.75. The molecule has 0 atom stereocenters. The van der Waals surface area contributed by atoms with Crippen molar-refractivity contribution in [3.8, 4) is 0 Å². The first-order chi connectivity index (χ1) is 14.1. The number of piperidine rings is 1. The second-order valence-electron chi connectivity index (χ2n) is 8.07. The quantitative estimate of drug-likeness (QED) is 0.537. The number of nitrogens with zero attached hydrogens (tertiary/aromatic N) is 2. The third-order valence-corrected chi connectivity index (χ3v) is 6.31. The van der Waals surface area contributed by atoms with Gasteiger partial charge in [-0.05, 0) is 56.5 Å². The number of carbonyl (C=O) groups is 2. The third kappa shape index (κ3) is 3.74. The van der Waals surface area contributed by atoms with E-state index in [9.17, 15) is 9.59 Å². The van der Waals surface area contributed by atoms with Crippen LogP contribution in [0.25, 0.3) is 0 Å². The number of likely N-dealkylation sites (tertiary alicyclic amines) is 1. The van der Waals surface area contributed by atoms with Crippen LogP contribution in [0.15, 0.2) is 59.0 Å². The lowest BCUT2D eigenvalue weighted by molar-refractivity contribution is 0.0988. The fourth-order valence-electron chi connectivity index (χ4n) is 4.70. The maximum atomic E-state index is 13.0. The Balaban J connectivity index is 1.64. The van der Waals surface area contributed by atoms with Crippen molar-refractivity contribution in [2.24, 2.45) is 0 Å². The van der Waals surface area contributed by atoms with Gasteiger partial charge in [-0.1, -0.05) is 44.5 Å². The van der Waals surface area contributed by atoms with Gasteiger partial charge in [-0.3, -0.25) is 9.59 Å². The van der Waals surface area contributed by atoms with Crippen LogP contribution in [-0.4, -0.2) is 47.5 Å². The van der Waals surface area contributed by atoms with Gasteiger partial charge in [0.15, 0.2) is 11.6 Å². The summed E-state index contributed by atoms with van der Waals surface area (Å²) in [5.74, 6) is -0.276. The van der Waals surface area contributed by atoms with Gasteiger partial charge in [0.2, 0.25) is 0 Å². The fraction of sp³-hybridized carbons (Fsp3) is 0.440. The summed E-state index contributed by atoms with van der Waals surface area (Å²) >= 11 is 0. The van der Waals surface area contributed by atoms with Crippen LogP contribution in [0.4, 0.5) is 0 Å². The molecular weight excluding hydrogens is 360 g/mol. The molecule has 0 amide bonds. The Morgan fingerprint density at radius 3 is 1.86 bits per heavy atom. The van der Waals surface area contributed by atoms with E-state index >= 15 is 0 Å². The van der Waals surface area contributed by atoms with Crippen LogP contribution in [0.1, 0.15) is 66.7 Å². The van der Waals surface area contributed by atoms with Crippen molar-refractivity contribution in [3.63, 3.8) is 0 Å². The second kappa shape index (κ2) is 8.50. The van der Waals surface area contributed by atoms with Gasteiger partial charge in [0.25, 0.3) is 0 Å². The minimum Gasteiger partial charge on any atom is -0.347 e. The minimum atomic E-state index is -0.138. The second-order valence-corrected chi connectivity index (χ2v) is 8.07. The molecule has 4 heteroatoms. The van der Waals surface area contributed by atoms with Crippen molar-refractivity contribution in [3.05, 3.63) is 70.1 Å². The van der Waals surface area contributed by atoms with Gasteiger partial charge in [0.05, 0.1) is 5.57 Å². The molecule has 0 unspecified atom stereocenters. The van der Waals surface area contributed by atoms with Gasteiger partial charge in [-0.25, -0.2) is 0 Å². The number of allylic oxidation sites excluding steroid dienone is 6. The zero-order valence-corrected chi connectivity index (χ0v) is 17.5. The number of Topliss-reactive ketones (excluding diaryl/α,β-unsaturated/α-hetero) is 2. The van der Waals surface area contributed by atoms with E-state index in [2.05, 4.69) is 35.8 Å². The molecule has 1 saturated heterocycles. The predicted molar refractivity (Wildman–Crippen MR) is 116 cm³/mol. The average molecular weight is 391 g/mol. The van der Waals surface area contributed by atoms with Crippen LogP contribution in [0.3, 0.4) is 0 Å². The first kappa shape index (κ1) is 19.8. The van der Waals surface area contributed by atoms with E-state index in [4.69, 9.17) is 0 Å². The molecule has 1 fully saturated rings. The zero-order chi connectivity index (χ0) is 20.4. The standard InChI is InChI=1S/C25H30N2O2/c1-3-19-16-18(23-24(28)21-10-6-7-11-22(21)25(23)29)17-20(4-2)27(19)15-14-26-12-8-5-9-13-26/h6-7,10-11,16-17H,3-5,8-9,12-15H2,1-2H3. The molecule has 1 aromatic carbocycles. The molecule has 0 radical (unpaired) electrons. The van der Waals surface area contributed by atoms with Crippen LogP contribution < -0.4 is 0 Å². The monoisotopic (exact) mass is 390 g/mol. The normalized spacial score (nSPS) is 20.1. The molecule has 1 aliphatic carbocycles. The van der Waals surface area contributed by atoms with E-state index in [0.717, 1.165) is 31.5 Å². The molecule has 2 aliphatic heterocycles. The molecular formula is C25H30N2O2. The highest BCUT2D eigenvalue weighted by atomic mass is 16.2. The maximum Gasteiger partial charge on any atom is 0.198 e. The van der Waals surface area contributed by atoms with Crippen LogP contribution in [0, 0.1) is 0 Å². The molecule has 3 aliphatic rings. The Kier molecular flexibility index (Phi) is 5.81. The number of fused-ring (bicyclic) bond motifs is 1. The number of hydrogen-bond donors (Lipinski definition) is 0. The molecule has 0 N–H and O–H groups in total. The highest BCUT2D eigenvalue weighted by Gasteiger charge is 2.35. The molecule has 29 heavy (non-hydrogen) atoms. The van der Waals surface area contributed by atoms with Crippen LogP contribution in [0.2, 0.25) is 0 Å². The van der Waals surface area contributed by atoms with Crippen molar-refractivity contribution < 1.29 is 9.59 Å². The highest BCUT2D eigenvalue weighted by Crippen LogP contribution is 2.34. The lowest BCUT2D eigenvalue weighted by Crippen LogP contribution is -2.38. The van der Waals surface area contributed by atoms with E-state index < -0.39 is 0 Å². The topological polar surface area (TPSA) is 40.6 Å². The van der Waals surface area contributed by atoms with Gasteiger partial charge in [0.1, 0.15) is 0 Å². The summed E-state index contributed by atoms with van der Waals surface area (Å²) in [6, 6.07) is 7.15. The summed E-state index contributed by atoms with van der Waals surface area (Å²) in [5, 5.41) is 0. The minimum absolute atomic E-state index is 0.138. The molecule has 1 aromatic rings. The van der Waals surface area contributed by atoms with Gasteiger partial charge < -0.3 is 9.80 Å². The Hall–Kier alpha value is -2.46. The molecule has 2 heterocycles. The van der Waals surface area contributed by atoms with E-state index in [1.807, 2.05) is 12.1 Å². The van der Waals surface area contributed by atoms with Crippen LogP contribution in [0.5, 0.6) is 0 Å². The van der Waals surface area contributed by atoms with Crippen molar-refractivity contribution in [1.82, 2.24) is 9.80 Å². The fourth-order valence-corrected chi connectivity index (χ4v) is 4.70. The molecule has 0 aromatic heterocycles.